The van der Waals surface area contributed by atoms with E-state index in [-0.39, 0.29) is 11.8 Å². The van der Waals surface area contributed by atoms with E-state index in [4.69, 9.17) is 0 Å². The molecule has 0 radical (unpaired) electrons. The summed E-state index contributed by atoms with van der Waals surface area (Å²) in [7, 11) is 1.36. The van der Waals surface area contributed by atoms with Crippen molar-refractivity contribution >= 4 is 5.97 Å². The fourth-order valence-electron chi connectivity index (χ4n) is 1.34. The minimum Gasteiger partial charge on any atom is -0.469 e. The number of hydrogen-bond acceptors (Lipinski definition) is 3. The van der Waals surface area contributed by atoms with Crippen molar-refractivity contribution in [3.8, 4) is 0 Å². The standard InChI is InChI=1S/C12H16FNO2/c1-16-12(15)7-9-14-8-6-10-4-2-3-5-11(10)13/h2-5,14H,6-9H2,1H3. The lowest BCUT2D eigenvalue weighted by molar-refractivity contribution is -0.140. The fourth-order valence-corrected chi connectivity index (χ4v) is 1.34. The van der Waals surface area contributed by atoms with Crippen molar-refractivity contribution in [3.63, 3.8) is 0 Å². The fraction of sp³-hybridized carbons (Fsp3) is 0.417. The number of methoxy groups -OCH3 is 1. The van der Waals surface area contributed by atoms with Crippen LogP contribution in [0.15, 0.2) is 24.3 Å². The van der Waals surface area contributed by atoms with Crippen LogP contribution in [0.5, 0.6) is 0 Å². The van der Waals surface area contributed by atoms with Crippen LogP contribution in [0, 0.1) is 5.82 Å². The van der Waals surface area contributed by atoms with E-state index in [0.717, 1.165) is 0 Å². The molecule has 0 fully saturated rings. The van der Waals surface area contributed by atoms with Gasteiger partial charge in [0.1, 0.15) is 5.82 Å². The first-order valence-corrected chi connectivity index (χ1v) is 5.25. The highest BCUT2D eigenvalue weighted by Crippen LogP contribution is 2.05. The van der Waals surface area contributed by atoms with Gasteiger partial charge < -0.3 is 10.1 Å². The Hall–Kier alpha value is -1.42. The number of halogens is 1. The van der Waals surface area contributed by atoms with E-state index in [0.29, 0.717) is 31.5 Å². The molecule has 16 heavy (non-hydrogen) atoms. The molecule has 0 amide bonds. The largest absolute Gasteiger partial charge is 0.469 e. The van der Waals surface area contributed by atoms with Gasteiger partial charge in [-0.05, 0) is 24.6 Å². The van der Waals surface area contributed by atoms with Crippen molar-refractivity contribution in [2.45, 2.75) is 12.8 Å². The van der Waals surface area contributed by atoms with Crippen LogP contribution in [0.2, 0.25) is 0 Å². The van der Waals surface area contributed by atoms with Gasteiger partial charge in [0.05, 0.1) is 13.5 Å². The van der Waals surface area contributed by atoms with Crippen LogP contribution in [0.3, 0.4) is 0 Å². The summed E-state index contributed by atoms with van der Waals surface area (Å²) in [4.78, 5) is 10.8. The van der Waals surface area contributed by atoms with Gasteiger partial charge in [-0.1, -0.05) is 18.2 Å². The molecule has 1 rings (SSSR count). The number of benzene rings is 1. The van der Waals surface area contributed by atoms with E-state index in [9.17, 15) is 9.18 Å². The number of ether oxygens (including phenoxy) is 1. The van der Waals surface area contributed by atoms with Crippen molar-refractivity contribution in [1.82, 2.24) is 5.32 Å². The lowest BCUT2D eigenvalue weighted by Crippen LogP contribution is -2.21. The molecule has 1 aromatic rings. The molecule has 1 aromatic carbocycles. The number of esters is 1. The molecule has 0 aromatic heterocycles. The van der Waals surface area contributed by atoms with E-state index >= 15 is 0 Å². The van der Waals surface area contributed by atoms with E-state index in [2.05, 4.69) is 10.1 Å². The summed E-state index contributed by atoms with van der Waals surface area (Å²) in [5, 5.41) is 3.06. The van der Waals surface area contributed by atoms with Crippen LogP contribution in [0.4, 0.5) is 4.39 Å². The number of nitrogens with one attached hydrogen (secondary N) is 1. The van der Waals surface area contributed by atoms with Crippen LogP contribution in [-0.4, -0.2) is 26.2 Å². The Labute approximate surface area is 94.6 Å². The van der Waals surface area contributed by atoms with Gasteiger partial charge in [-0.3, -0.25) is 4.79 Å². The quantitative estimate of drug-likeness (QED) is 0.589. The molecule has 0 atom stereocenters. The lowest BCUT2D eigenvalue weighted by Gasteiger charge is -2.04. The number of carbonyl (C=O) groups is 1. The van der Waals surface area contributed by atoms with Crippen LogP contribution >= 0.6 is 0 Å². The summed E-state index contributed by atoms with van der Waals surface area (Å²) in [5.74, 6) is -0.421. The van der Waals surface area contributed by atoms with Gasteiger partial charge in [0.2, 0.25) is 0 Å². The highest BCUT2D eigenvalue weighted by molar-refractivity contribution is 5.69. The normalized spacial score (nSPS) is 10.1. The zero-order valence-electron chi connectivity index (χ0n) is 9.33. The van der Waals surface area contributed by atoms with Gasteiger partial charge in [-0.15, -0.1) is 0 Å². The molecule has 3 nitrogen and oxygen atoms in total. The molecule has 1 N–H and O–H groups in total. The molecule has 0 aliphatic rings. The van der Waals surface area contributed by atoms with Crippen LogP contribution in [0.1, 0.15) is 12.0 Å². The third-order valence-electron chi connectivity index (χ3n) is 2.26. The summed E-state index contributed by atoms with van der Waals surface area (Å²) >= 11 is 0. The molecular weight excluding hydrogens is 209 g/mol. The molecule has 4 heteroatoms. The average molecular weight is 225 g/mol. The highest BCUT2D eigenvalue weighted by atomic mass is 19.1. The second-order valence-corrected chi connectivity index (χ2v) is 3.42. The first kappa shape index (κ1) is 12.6. The highest BCUT2D eigenvalue weighted by Gasteiger charge is 2.01. The van der Waals surface area contributed by atoms with Crippen molar-refractivity contribution in [2.24, 2.45) is 0 Å². The Kier molecular flexibility index (Phi) is 5.50. The van der Waals surface area contributed by atoms with Gasteiger partial charge >= 0.3 is 5.97 Å². The first-order chi connectivity index (χ1) is 7.74. The molecule has 0 unspecified atom stereocenters. The molecular formula is C12H16FNO2. The van der Waals surface area contributed by atoms with E-state index in [1.807, 2.05) is 6.07 Å². The zero-order chi connectivity index (χ0) is 11.8. The van der Waals surface area contributed by atoms with Crippen LogP contribution < -0.4 is 5.32 Å². The van der Waals surface area contributed by atoms with Gasteiger partial charge in [0.25, 0.3) is 0 Å². The van der Waals surface area contributed by atoms with Crippen molar-refractivity contribution < 1.29 is 13.9 Å². The molecule has 0 bridgehead atoms. The molecule has 0 spiro atoms. The SMILES string of the molecule is COC(=O)CCNCCc1ccccc1F. The molecule has 88 valence electrons. The van der Waals surface area contributed by atoms with Gasteiger partial charge in [0, 0.05) is 6.54 Å². The maximum absolute atomic E-state index is 13.2. The Bertz CT molecular complexity index is 342. The molecule has 0 heterocycles. The Morgan fingerprint density at radius 1 is 1.38 bits per heavy atom. The number of carbonyl (C=O) groups excluding carboxylic acids is 1. The van der Waals surface area contributed by atoms with E-state index < -0.39 is 0 Å². The van der Waals surface area contributed by atoms with E-state index in [1.54, 1.807) is 12.1 Å². The molecule has 0 aliphatic carbocycles. The number of rotatable bonds is 6. The lowest BCUT2D eigenvalue weighted by atomic mass is 10.1. The summed E-state index contributed by atoms with van der Waals surface area (Å²) in [6.45, 7) is 1.21. The zero-order valence-corrected chi connectivity index (χ0v) is 9.33. The maximum atomic E-state index is 13.2. The second-order valence-electron chi connectivity index (χ2n) is 3.42. The second kappa shape index (κ2) is 6.95. The summed E-state index contributed by atoms with van der Waals surface area (Å²) in [6, 6.07) is 6.69. The average Bonchev–Trinajstić information content (AvgIpc) is 2.30. The third kappa shape index (κ3) is 4.40. The summed E-state index contributed by atoms with van der Waals surface area (Å²) in [5.41, 5.74) is 0.688. The smallest absolute Gasteiger partial charge is 0.306 e. The summed E-state index contributed by atoms with van der Waals surface area (Å²) in [6.07, 6.45) is 0.960. The van der Waals surface area contributed by atoms with Crippen molar-refractivity contribution in [2.75, 3.05) is 20.2 Å². The van der Waals surface area contributed by atoms with Crippen molar-refractivity contribution in [3.05, 3.63) is 35.6 Å². The number of hydrogen-bond donors (Lipinski definition) is 1. The Morgan fingerprint density at radius 3 is 2.81 bits per heavy atom. The summed E-state index contributed by atoms with van der Waals surface area (Å²) < 4.78 is 17.7. The first-order valence-electron chi connectivity index (χ1n) is 5.25. The third-order valence-corrected chi connectivity index (χ3v) is 2.26. The monoisotopic (exact) mass is 225 g/mol. The van der Waals surface area contributed by atoms with Gasteiger partial charge in [-0.25, -0.2) is 4.39 Å². The van der Waals surface area contributed by atoms with E-state index in [1.165, 1.54) is 13.2 Å². The Morgan fingerprint density at radius 2 is 2.12 bits per heavy atom. The minimum absolute atomic E-state index is 0.183. The predicted molar refractivity (Wildman–Crippen MR) is 59.6 cm³/mol. The van der Waals surface area contributed by atoms with Gasteiger partial charge in [0.15, 0.2) is 0 Å². The molecule has 0 saturated carbocycles. The van der Waals surface area contributed by atoms with Crippen molar-refractivity contribution in [1.29, 1.82) is 0 Å². The minimum atomic E-state index is -0.238. The molecule has 0 saturated heterocycles. The predicted octanol–water partition coefficient (Wildman–Crippen LogP) is 1.52. The Balaban J connectivity index is 2.17. The molecule has 0 aliphatic heterocycles. The van der Waals surface area contributed by atoms with Crippen LogP contribution in [-0.2, 0) is 16.0 Å². The topological polar surface area (TPSA) is 38.3 Å². The van der Waals surface area contributed by atoms with Crippen LogP contribution in [0.25, 0.3) is 0 Å². The maximum Gasteiger partial charge on any atom is 0.306 e. The van der Waals surface area contributed by atoms with Gasteiger partial charge in [-0.2, -0.15) is 0 Å².